The van der Waals surface area contributed by atoms with Crippen molar-refractivity contribution < 1.29 is 57.3 Å². The molecule has 0 aliphatic rings. The van der Waals surface area contributed by atoms with Gasteiger partial charge in [0.05, 0.1) is 27.4 Å². The van der Waals surface area contributed by atoms with Crippen LogP contribution >= 0.6 is 43.2 Å². The van der Waals surface area contributed by atoms with E-state index in [1.165, 1.54) is 85.1 Å². The van der Waals surface area contributed by atoms with Gasteiger partial charge < -0.3 is 30.4 Å². The molecule has 0 bridgehead atoms. The topological polar surface area (TPSA) is 232 Å². The maximum atomic E-state index is 12.0. The van der Waals surface area contributed by atoms with Gasteiger partial charge in [-0.05, 0) is 13.8 Å². The van der Waals surface area contributed by atoms with Crippen LogP contribution in [0.2, 0.25) is 0 Å². The molecule has 0 spiro atoms. The minimum atomic E-state index is -1.02. The maximum Gasteiger partial charge on any atom is 0.330 e. The molecule has 0 radical (unpaired) electrons. The van der Waals surface area contributed by atoms with Gasteiger partial charge in [-0.2, -0.15) is 0 Å². The molecule has 46 heavy (non-hydrogen) atoms. The maximum absolute atomic E-state index is 12.0. The quantitative estimate of drug-likeness (QED) is 0.0840. The van der Waals surface area contributed by atoms with Crippen molar-refractivity contribution in [2.45, 2.75) is 65.7 Å². The zero-order chi connectivity index (χ0) is 36.0. The summed E-state index contributed by atoms with van der Waals surface area (Å²) in [5, 5.41) is 0. The summed E-state index contributed by atoms with van der Waals surface area (Å²) < 4.78 is 18.8. The first-order chi connectivity index (χ1) is 21.5. The Morgan fingerprint density at radius 1 is 0.522 bits per heavy atom. The van der Waals surface area contributed by atoms with Gasteiger partial charge in [-0.1, -0.05) is 43.2 Å². The monoisotopic (exact) mass is 732 g/mol. The lowest BCUT2D eigenvalue weighted by Gasteiger charge is -2.26. The van der Waals surface area contributed by atoms with Crippen molar-refractivity contribution in [1.82, 2.24) is 9.80 Å². The number of ether oxygens (including phenoxy) is 4. The summed E-state index contributed by atoms with van der Waals surface area (Å²) in [5.41, 5.74) is 11.2. The summed E-state index contributed by atoms with van der Waals surface area (Å²) in [5.74, 6) is -3.70. The highest BCUT2D eigenvalue weighted by Gasteiger charge is 2.33. The van der Waals surface area contributed by atoms with Crippen LogP contribution < -0.4 is 11.5 Å². The number of imide groups is 2. The zero-order valence-electron chi connectivity index (χ0n) is 27.1. The van der Waals surface area contributed by atoms with Crippen molar-refractivity contribution in [2.75, 3.05) is 50.4 Å². The van der Waals surface area contributed by atoms with Crippen LogP contribution in [0.1, 0.15) is 41.5 Å². The van der Waals surface area contributed by atoms with Crippen LogP contribution in [0, 0.1) is 0 Å². The lowest BCUT2D eigenvalue weighted by atomic mass is 10.2. The number of nitrogens with two attached hydrogens (primary N) is 2. The van der Waals surface area contributed by atoms with Crippen LogP contribution in [-0.4, -0.2) is 132 Å². The normalized spacial score (nSPS) is 12.9. The highest BCUT2D eigenvalue weighted by atomic mass is 33.1. The van der Waals surface area contributed by atoms with Crippen molar-refractivity contribution in [3.8, 4) is 0 Å². The van der Waals surface area contributed by atoms with E-state index in [1.807, 2.05) is 0 Å². The molecule has 20 heteroatoms. The Morgan fingerprint density at radius 2 is 0.826 bits per heavy atom. The number of amides is 4. The number of esters is 4. The summed E-state index contributed by atoms with van der Waals surface area (Å²) >= 11 is 0. The van der Waals surface area contributed by atoms with Gasteiger partial charge in [-0.3, -0.25) is 38.6 Å². The number of rotatable bonds is 18. The summed E-state index contributed by atoms with van der Waals surface area (Å²) in [4.78, 5) is 94.4. The van der Waals surface area contributed by atoms with Crippen molar-refractivity contribution in [3.05, 3.63) is 0 Å². The minimum absolute atomic E-state index is 0.129. The van der Waals surface area contributed by atoms with Crippen LogP contribution in [0.4, 0.5) is 0 Å². The van der Waals surface area contributed by atoms with E-state index in [1.54, 1.807) is 13.8 Å². The highest BCUT2D eigenvalue weighted by Crippen LogP contribution is 2.26. The van der Waals surface area contributed by atoms with E-state index in [2.05, 4.69) is 9.47 Å². The van der Waals surface area contributed by atoms with E-state index in [-0.39, 0.29) is 36.2 Å². The first kappa shape index (κ1) is 45.6. The van der Waals surface area contributed by atoms with Crippen molar-refractivity contribution in [1.29, 1.82) is 0 Å². The summed E-state index contributed by atoms with van der Waals surface area (Å²) in [6, 6.07) is -3.60. The van der Waals surface area contributed by atoms with Crippen LogP contribution in [0.3, 0.4) is 0 Å². The third-order valence-corrected chi connectivity index (χ3v) is 10.1. The average Bonchev–Trinajstić information content (AvgIpc) is 2.98. The van der Waals surface area contributed by atoms with Gasteiger partial charge in [-0.25, -0.2) is 9.59 Å². The summed E-state index contributed by atoms with van der Waals surface area (Å²) in [7, 11) is 7.34. The molecule has 16 nitrogen and oxygen atoms in total. The smallest absolute Gasteiger partial charge is 0.330 e. The SMILES string of the molecule is CCOC(=O)[C@@H](N)CSSC[C@@H](C(=O)OCC)N(C(C)=O)C(C)=O.COC(=O)[C@@H](N)CSSC[C@@H](C(=O)OC)N(C(C)=O)C(C)=O. The molecule has 0 unspecified atom stereocenters. The lowest BCUT2D eigenvalue weighted by Crippen LogP contribution is -2.49. The molecule has 0 aromatic heterocycles. The molecule has 0 heterocycles. The predicted octanol–water partition coefficient (Wildman–Crippen LogP) is 0.390. The first-order valence-corrected chi connectivity index (χ1v) is 18.6. The molecule has 264 valence electrons. The van der Waals surface area contributed by atoms with E-state index in [9.17, 15) is 38.4 Å². The minimum Gasteiger partial charge on any atom is -0.468 e. The molecule has 0 aromatic carbocycles. The fourth-order valence-electron chi connectivity index (χ4n) is 3.20. The van der Waals surface area contributed by atoms with Gasteiger partial charge in [-0.15, -0.1) is 0 Å². The van der Waals surface area contributed by atoms with Gasteiger partial charge in [0.2, 0.25) is 23.6 Å². The van der Waals surface area contributed by atoms with E-state index in [4.69, 9.17) is 20.9 Å². The molecule has 0 rings (SSSR count). The molecular weight excluding hydrogens is 689 g/mol. The number of hydrogen-bond donors (Lipinski definition) is 2. The molecule has 0 saturated carbocycles. The Morgan fingerprint density at radius 3 is 1.15 bits per heavy atom. The standard InChI is InChI=1S/C14H24N2O6S2.C12H20N2O6S2/c1-5-21-13(19)11(15)7-23-24-8-12(14(20)22-6-2)16(9(3)17)10(4)18;1-7(15)14(8(2)16)10(12(18)20-4)6-22-21-5-9(13)11(17)19-3/h11-12H,5-8,15H2,1-4H3;9-10H,5-6,13H2,1-4H3/t11-,12-;9-,10-/m00/s1. The van der Waals surface area contributed by atoms with Crippen LogP contribution in [0.15, 0.2) is 0 Å². The van der Waals surface area contributed by atoms with Gasteiger partial charge in [0.15, 0.2) is 0 Å². The molecule has 4 amide bonds. The van der Waals surface area contributed by atoms with Crippen LogP contribution in [0.5, 0.6) is 0 Å². The third kappa shape index (κ3) is 18.0. The van der Waals surface area contributed by atoms with Crippen molar-refractivity contribution in [2.24, 2.45) is 11.5 Å². The Bertz CT molecular complexity index is 1020. The lowest BCUT2D eigenvalue weighted by molar-refractivity contribution is -0.158. The molecular formula is C26H44N4O12S4. The largest absolute Gasteiger partial charge is 0.468 e. The van der Waals surface area contributed by atoms with Crippen LogP contribution in [-0.2, 0) is 57.3 Å². The summed E-state index contributed by atoms with van der Waals surface area (Å²) in [6.45, 7) is 8.54. The van der Waals surface area contributed by atoms with Gasteiger partial charge in [0.25, 0.3) is 0 Å². The Kier molecular flexibility index (Phi) is 25.3. The van der Waals surface area contributed by atoms with Crippen LogP contribution in [0.25, 0.3) is 0 Å². The van der Waals surface area contributed by atoms with E-state index in [0.29, 0.717) is 0 Å². The second kappa shape index (κ2) is 25.6. The van der Waals surface area contributed by atoms with Gasteiger partial charge >= 0.3 is 23.9 Å². The van der Waals surface area contributed by atoms with E-state index >= 15 is 0 Å². The molecule has 0 fully saturated rings. The van der Waals surface area contributed by atoms with Gasteiger partial charge in [0.1, 0.15) is 24.2 Å². The Labute approximate surface area is 284 Å². The predicted molar refractivity (Wildman–Crippen MR) is 177 cm³/mol. The number of hydrogen-bond acceptors (Lipinski definition) is 18. The molecule has 0 aliphatic carbocycles. The van der Waals surface area contributed by atoms with E-state index in [0.717, 1.165) is 9.80 Å². The molecule has 0 saturated heterocycles. The number of carbonyl (C=O) groups excluding carboxylic acids is 8. The zero-order valence-corrected chi connectivity index (χ0v) is 30.4. The number of carbonyl (C=O) groups is 8. The second-order valence-electron chi connectivity index (χ2n) is 8.75. The first-order valence-electron chi connectivity index (χ1n) is 13.6. The Hall–Kier alpha value is -2.52. The molecule has 0 aromatic rings. The fraction of sp³-hybridized carbons (Fsp3) is 0.692. The average molecular weight is 733 g/mol. The number of methoxy groups -OCH3 is 2. The van der Waals surface area contributed by atoms with Crippen molar-refractivity contribution in [3.63, 3.8) is 0 Å². The second-order valence-corrected chi connectivity index (χ2v) is 13.9. The molecule has 0 aliphatic heterocycles. The van der Waals surface area contributed by atoms with E-state index < -0.39 is 71.7 Å². The molecule has 4 atom stereocenters. The van der Waals surface area contributed by atoms with Gasteiger partial charge in [0, 0.05) is 50.7 Å². The Balaban J connectivity index is 0. The summed E-state index contributed by atoms with van der Waals surface area (Å²) in [6.07, 6.45) is 0. The number of nitrogens with zero attached hydrogens (tertiary/aromatic N) is 2. The third-order valence-electron chi connectivity index (χ3n) is 5.22. The molecule has 4 N–H and O–H groups in total. The van der Waals surface area contributed by atoms with Crippen molar-refractivity contribution >= 4 is 90.7 Å². The fourth-order valence-corrected chi connectivity index (χ4v) is 7.78. The highest BCUT2D eigenvalue weighted by molar-refractivity contribution is 8.77.